The third-order valence-electron chi connectivity index (χ3n) is 3.29. The van der Waals surface area contributed by atoms with Crippen molar-refractivity contribution in [2.75, 3.05) is 0 Å². The number of nitro groups is 1. The van der Waals surface area contributed by atoms with Gasteiger partial charge in [-0.15, -0.1) is 0 Å². The largest absolute Gasteiger partial charge is 0.421 e. The predicted octanol–water partition coefficient (Wildman–Crippen LogP) is 3.54. The van der Waals surface area contributed by atoms with Crippen LogP contribution in [0.15, 0.2) is 28.8 Å². The first kappa shape index (κ1) is 17.2. The van der Waals surface area contributed by atoms with Crippen molar-refractivity contribution in [1.82, 2.24) is 5.16 Å². The van der Waals surface area contributed by atoms with E-state index in [0.717, 1.165) is 12.1 Å². The van der Waals surface area contributed by atoms with Crippen molar-refractivity contribution in [2.45, 2.75) is 25.1 Å². The molecule has 6 nitrogen and oxygen atoms in total. The lowest BCUT2D eigenvalue weighted by Gasteiger charge is -2.30. The van der Waals surface area contributed by atoms with Crippen LogP contribution in [-0.4, -0.2) is 21.4 Å². The number of aliphatic hydroxyl groups is 1. The minimum Gasteiger partial charge on any atom is -0.376 e. The highest BCUT2D eigenvalue weighted by atomic mass is 35.5. The quantitative estimate of drug-likeness (QED) is 0.673. The third-order valence-corrected chi connectivity index (χ3v) is 3.54. The Morgan fingerprint density at radius 3 is 2.39 bits per heavy atom. The van der Waals surface area contributed by atoms with Gasteiger partial charge < -0.3 is 9.63 Å². The van der Waals surface area contributed by atoms with E-state index in [1.807, 2.05) is 0 Å². The molecule has 23 heavy (non-hydrogen) atoms. The van der Waals surface area contributed by atoms with Gasteiger partial charge >= 0.3 is 11.9 Å². The summed E-state index contributed by atoms with van der Waals surface area (Å²) in [5, 5.41) is 24.6. The Bertz CT molecular complexity index is 730. The van der Waals surface area contributed by atoms with Crippen molar-refractivity contribution in [3.63, 3.8) is 0 Å². The molecule has 0 radical (unpaired) electrons. The maximum atomic E-state index is 13.4. The zero-order valence-electron chi connectivity index (χ0n) is 11.6. The van der Waals surface area contributed by atoms with Crippen LogP contribution in [0.4, 0.5) is 18.9 Å². The molecule has 0 amide bonds. The van der Waals surface area contributed by atoms with E-state index in [0.29, 0.717) is 0 Å². The molecule has 0 unspecified atom stereocenters. The van der Waals surface area contributed by atoms with Gasteiger partial charge in [-0.05, 0) is 24.6 Å². The molecule has 1 aromatic heterocycles. The van der Waals surface area contributed by atoms with Gasteiger partial charge in [0.1, 0.15) is 0 Å². The Morgan fingerprint density at radius 2 is 1.91 bits per heavy atom. The van der Waals surface area contributed by atoms with Gasteiger partial charge in [0, 0.05) is 5.02 Å². The summed E-state index contributed by atoms with van der Waals surface area (Å²) in [5.74, 6) is -0.665. The van der Waals surface area contributed by atoms with Crippen LogP contribution >= 0.6 is 11.6 Å². The average Bonchev–Trinajstić information content (AvgIpc) is 2.79. The van der Waals surface area contributed by atoms with Gasteiger partial charge in [0.15, 0.2) is 11.3 Å². The predicted molar refractivity (Wildman–Crippen MR) is 73.0 cm³/mol. The summed E-state index contributed by atoms with van der Waals surface area (Å²) < 4.78 is 44.8. The molecule has 0 aliphatic rings. The van der Waals surface area contributed by atoms with Crippen molar-refractivity contribution in [2.24, 2.45) is 0 Å². The topological polar surface area (TPSA) is 89.4 Å². The lowest BCUT2D eigenvalue weighted by molar-refractivity contribution is -0.387. The fourth-order valence-electron chi connectivity index (χ4n) is 2.09. The van der Waals surface area contributed by atoms with E-state index in [4.69, 9.17) is 11.6 Å². The number of rotatable bonds is 4. The summed E-state index contributed by atoms with van der Waals surface area (Å²) >= 11 is 5.63. The van der Waals surface area contributed by atoms with Crippen LogP contribution < -0.4 is 0 Å². The lowest BCUT2D eigenvalue weighted by Crippen LogP contribution is -2.44. The molecule has 124 valence electrons. The summed E-state index contributed by atoms with van der Waals surface area (Å²) in [5.41, 5.74) is -4.76. The summed E-state index contributed by atoms with van der Waals surface area (Å²) in [6.07, 6.45) is -6.29. The number of aromatic nitrogens is 1. The molecule has 10 heteroatoms. The molecule has 2 aromatic rings. The van der Waals surface area contributed by atoms with Crippen molar-refractivity contribution in [1.29, 1.82) is 0 Å². The smallest absolute Gasteiger partial charge is 0.376 e. The van der Waals surface area contributed by atoms with Crippen LogP contribution in [0.1, 0.15) is 17.0 Å². The van der Waals surface area contributed by atoms with E-state index in [9.17, 15) is 28.4 Å². The van der Waals surface area contributed by atoms with Crippen LogP contribution in [0.5, 0.6) is 0 Å². The van der Waals surface area contributed by atoms with Crippen molar-refractivity contribution >= 4 is 17.3 Å². The van der Waals surface area contributed by atoms with Crippen LogP contribution in [0.25, 0.3) is 0 Å². The number of hydrogen-bond acceptors (Lipinski definition) is 5. The maximum Gasteiger partial charge on any atom is 0.421 e. The highest BCUT2D eigenvalue weighted by Gasteiger charge is 2.56. The fourth-order valence-corrected chi connectivity index (χ4v) is 2.21. The second kappa shape index (κ2) is 5.82. The SMILES string of the molecule is Cc1noc(C[C@@](O)(c2ccc(Cl)cc2)C(F)(F)F)c1[N+](=O)[O-]. The van der Waals surface area contributed by atoms with Gasteiger partial charge in [0.25, 0.3) is 0 Å². The Labute approximate surface area is 132 Å². The molecule has 0 aliphatic heterocycles. The van der Waals surface area contributed by atoms with Gasteiger partial charge in [-0.3, -0.25) is 10.1 Å². The number of alkyl halides is 3. The van der Waals surface area contributed by atoms with Crippen molar-refractivity contribution in [3.8, 4) is 0 Å². The Hall–Kier alpha value is -2.13. The van der Waals surface area contributed by atoms with E-state index >= 15 is 0 Å². The molecular formula is C13H10ClF3N2O4. The van der Waals surface area contributed by atoms with Crippen molar-refractivity contribution in [3.05, 3.63) is 56.4 Å². The van der Waals surface area contributed by atoms with E-state index in [2.05, 4.69) is 9.68 Å². The molecule has 0 bridgehead atoms. The molecule has 0 saturated heterocycles. The van der Waals surface area contributed by atoms with Gasteiger partial charge in [0.2, 0.25) is 5.76 Å². The first-order valence-electron chi connectivity index (χ1n) is 6.21. The molecule has 1 heterocycles. The number of hydrogen-bond donors (Lipinski definition) is 1. The summed E-state index contributed by atoms with van der Waals surface area (Å²) in [6.45, 7) is 1.22. The number of halogens is 4. The Morgan fingerprint density at radius 1 is 1.35 bits per heavy atom. The molecule has 0 saturated carbocycles. The van der Waals surface area contributed by atoms with Crippen LogP contribution in [0.3, 0.4) is 0 Å². The summed E-state index contributed by atoms with van der Waals surface area (Å²) in [7, 11) is 0. The Kier molecular flexibility index (Phi) is 4.36. The zero-order chi connectivity index (χ0) is 17.4. The first-order chi connectivity index (χ1) is 10.6. The number of aryl methyl sites for hydroxylation is 1. The summed E-state index contributed by atoms with van der Waals surface area (Å²) in [6, 6.07) is 4.33. The highest BCUT2D eigenvalue weighted by Crippen LogP contribution is 2.43. The molecule has 1 aromatic carbocycles. The summed E-state index contributed by atoms with van der Waals surface area (Å²) in [4.78, 5) is 10.0. The number of nitrogens with zero attached hydrogens (tertiary/aromatic N) is 2. The maximum absolute atomic E-state index is 13.4. The molecule has 0 aliphatic carbocycles. The normalized spacial score (nSPS) is 14.5. The van der Waals surface area contributed by atoms with E-state index in [-0.39, 0.29) is 10.7 Å². The monoisotopic (exact) mass is 350 g/mol. The molecule has 0 fully saturated rings. The Balaban J connectivity index is 2.53. The second-order valence-electron chi connectivity index (χ2n) is 4.84. The first-order valence-corrected chi connectivity index (χ1v) is 6.59. The van der Waals surface area contributed by atoms with Gasteiger partial charge in [-0.1, -0.05) is 28.9 Å². The van der Waals surface area contributed by atoms with Crippen LogP contribution in [0.2, 0.25) is 5.02 Å². The van der Waals surface area contributed by atoms with Crippen LogP contribution in [-0.2, 0) is 12.0 Å². The third kappa shape index (κ3) is 3.15. The second-order valence-corrected chi connectivity index (χ2v) is 5.28. The lowest BCUT2D eigenvalue weighted by atomic mass is 9.88. The highest BCUT2D eigenvalue weighted by molar-refractivity contribution is 6.30. The average molecular weight is 351 g/mol. The molecule has 1 N–H and O–H groups in total. The van der Waals surface area contributed by atoms with Gasteiger partial charge in [0.05, 0.1) is 11.3 Å². The van der Waals surface area contributed by atoms with E-state index < -0.39 is 40.1 Å². The zero-order valence-corrected chi connectivity index (χ0v) is 12.4. The minimum atomic E-state index is -5.10. The number of benzene rings is 1. The van der Waals surface area contributed by atoms with Gasteiger partial charge in [-0.25, -0.2) is 0 Å². The van der Waals surface area contributed by atoms with Crippen LogP contribution in [0, 0.1) is 17.0 Å². The van der Waals surface area contributed by atoms with E-state index in [1.165, 1.54) is 19.1 Å². The molecule has 2 rings (SSSR count). The van der Waals surface area contributed by atoms with Gasteiger partial charge in [-0.2, -0.15) is 13.2 Å². The van der Waals surface area contributed by atoms with E-state index in [1.54, 1.807) is 0 Å². The standard InChI is InChI=1S/C13H10ClF3N2O4/c1-7-11(19(21)22)10(23-18-7)6-12(20,13(15,16)17)8-2-4-9(14)5-3-8/h2-5,20H,6H2,1H3/t12-/m1/s1. The fraction of sp³-hybridized carbons (Fsp3) is 0.308. The van der Waals surface area contributed by atoms with Crippen molar-refractivity contribution < 1.29 is 27.7 Å². The molecule has 1 atom stereocenters. The minimum absolute atomic E-state index is 0.175. The molecular weight excluding hydrogens is 341 g/mol. The molecule has 0 spiro atoms.